The fourth-order valence-electron chi connectivity index (χ4n) is 2.92. The molecule has 2 unspecified atom stereocenters. The third-order valence-corrected chi connectivity index (χ3v) is 4.22. The Labute approximate surface area is 121 Å². The van der Waals surface area contributed by atoms with Gasteiger partial charge >= 0.3 is 0 Å². The fraction of sp³-hybridized carbons (Fsp3) is 0.562. The van der Waals surface area contributed by atoms with Gasteiger partial charge in [-0.1, -0.05) is 26.2 Å². The largest absolute Gasteiger partial charge is 0.399 e. The highest BCUT2D eigenvalue weighted by Gasteiger charge is 2.21. The Kier molecular flexibility index (Phi) is 4.88. The van der Waals surface area contributed by atoms with Gasteiger partial charge in [0, 0.05) is 24.5 Å². The van der Waals surface area contributed by atoms with Crippen molar-refractivity contribution in [2.24, 2.45) is 5.92 Å². The van der Waals surface area contributed by atoms with Gasteiger partial charge in [0.25, 0.3) is 5.91 Å². The predicted molar refractivity (Wildman–Crippen MR) is 83.9 cm³/mol. The molecule has 0 spiro atoms. The van der Waals surface area contributed by atoms with Gasteiger partial charge in [0.05, 0.1) is 5.56 Å². The molecule has 110 valence electrons. The highest BCUT2D eigenvalue weighted by molar-refractivity contribution is 6.00. The summed E-state index contributed by atoms with van der Waals surface area (Å²) in [5.41, 5.74) is 8.06. The van der Waals surface area contributed by atoms with Crippen molar-refractivity contribution in [3.8, 4) is 0 Å². The first kappa shape index (κ1) is 14.7. The smallest absolute Gasteiger partial charge is 0.253 e. The Morgan fingerprint density at radius 2 is 2.00 bits per heavy atom. The van der Waals surface area contributed by atoms with E-state index in [4.69, 9.17) is 5.73 Å². The van der Waals surface area contributed by atoms with E-state index < -0.39 is 0 Å². The van der Waals surface area contributed by atoms with E-state index in [0.29, 0.717) is 23.2 Å². The predicted octanol–water partition coefficient (Wildman–Crippen LogP) is 3.01. The normalized spacial score (nSPS) is 22.9. The van der Waals surface area contributed by atoms with Crippen LogP contribution in [0.25, 0.3) is 0 Å². The van der Waals surface area contributed by atoms with E-state index in [-0.39, 0.29) is 5.91 Å². The molecule has 1 fully saturated rings. The monoisotopic (exact) mass is 275 g/mol. The number of hydrogen-bond acceptors (Lipinski definition) is 3. The third kappa shape index (κ3) is 3.44. The zero-order valence-electron chi connectivity index (χ0n) is 12.4. The first-order valence-corrected chi connectivity index (χ1v) is 7.50. The van der Waals surface area contributed by atoms with E-state index in [1.807, 2.05) is 6.07 Å². The summed E-state index contributed by atoms with van der Waals surface area (Å²) in [5, 5.41) is 6.24. The van der Waals surface area contributed by atoms with E-state index in [1.165, 1.54) is 25.7 Å². The molecule has 1 aromatic carbocycles. The van der Waals surface area contributed by atoms with E-state index in [2.05, 4.69) is 17.6 Å². The van der Waals surface area contributed by atoms with Crippen molar-refractivity contribution >= 4 is 17.3 Å². The van der Waals surface area contributed by atoms with Gasteiger partial charge in [0.1, 0.15) is 0 Å². The number of nitrogens with two attached hydrogens (primary N) is 1. The lowest BCUT2D eigenvalue weighted by Crippen LogP contribution is -2.28. The van der Waals surface area contributed by atoms with Gasteiger partial charge in [-0.05, 0) is 37.0 Å². The van der Waals surface area contributed by atoms with Crippen LogP contribution in [0, 0.1) is 5.92 Å². The summed E-state index contributed by atoms with van der Waals surface area (Å²) in [5.74, 6) is 0.547. The van der Waals surface area contributed by atoms with Gasteiger partial charge in [-0.25, -0.2) is 0 Å². The van der Waals surface area contributed by atoms with Crippen LogP contribution in [-0.4, -0.2) is 19.0 Å². The molecule has 0 heterocycles. The number of carbonyl (C=O) groups is 1. The lowest BCUT2D eigenvalue weighted by atomic mass is 9.96. The Morgan fingerprint density at radius 3 is 2.75 bits per heavy atom. The molecular formula is C16H25N3O. The van der Waals surface area contributed by atoms with Crippen LogP contribution in [-0.2, 0) is 0 Å². The number of nitrogen functional groups attached to an aromatic ring is 1. The first-order chi connectivity index (χ1) is 9.61. The van der Waals surface area contributed by atoms with Crippen LogP contribution in [0.5, 0.6) is 0 Å². The Balaban J connectivity index is 2.22. The van der Waals surface area contributed by atoms with Crippen molar-refractivity contribution in [2.45, 2.75) is 45.1 Å². The molecule has 4 N–H and O–H groups in total. The van der Waals surface area contributed by atoms with Crippen LogP contribution in [0.4, 0.5) is 11.4 Å². The van der Waals surface area contributed by atoms with Crippen LogP contribution in [0.1, 0.15) is 49.4 Å². The second-order valence-corrected chi connectivity index (χ2v) is 5.75. The average Bonchev–Trinajstić information content (AvgIpc) is 2.64. The first-order valence-electron chi connectivity index (χ1n) is 7.50. The van der Waals surface area contributed by atoms with Gasteiger partial charge in [-0.3, -0.25) is 4.79 Å². The summed E-state index contributed by atoms with van der Waals surface area (Å²) in [6, 6.07) is 5.84. The number of amides is 1. The lowest BCUT2D eigenvalue weighted by molar-refractivity contribution is 0.0964. The van der Waals surface area contributed by atoms with Crippen molar-refractivity contribution in [1.29, 1.82) is 0 Å². The van der Waals surface area contributed by atoms with E-state index in [9.17, 15) is 4.79 Å². The summed E-state index contributed by atoms with van der Waals surface area (Å²) in [6.45, 7) is 2.29. The summed E-state index contributed by atoms with van der Waals surface area (Å²) < 4.78 is 0. The van der Waals surface area contributed by atoms with Crippen molar-refractivity contribution in [2.75, 3.05) is 18.1 Å². The molecule has 2 atom stereocenters. The summed E-state index contributed by atoms with van der Waals surface area (Å²) in [7, 11) is 1.65. The lowest BCUT2D eigenvalue weighted by Gasteiger charge is -2.25. The second-order valence-electron chi connectivity index (χ2n) is 5.75. The van der Waals surface area contributed by atoms with Crippen molar-refractivity contribution < 1.29 is 4.79 Å². The maximum absolute atomic E-state index is 11.9. The van der Waals surface area contributed by atoms with Crippen LogP contribution in [0.15, 0.2) is 18.2 Å². The van der Waals surface area contributed by atoms with E-state index in [0.717, 1.165) is 12.1 Å². The molecule has 1 aliphatic rings. The van der Waals surface area contributed by atoms with Crippen molar-refractivity contribution in [3.05, 3.63) is 23.8 Å². The Bertz CT molecular complexity index is 473. The highest BCUT2D eigenvalue weighted by Crippen LogP contribution is 2.28. The number of hydrogen-bond donors (Lipinski definition) is 3. The molecule has 4 heteroatoms. The minimum atomic E-state index is -0.0752. The highest BCUT2D eigenvalue weighted by atomic mass is 16.1. The average molecular weight is 275 g/mol. The number of nitrogens with one attached hydrogen (secondary N) is 2. The summed E-state index contributed by atoms with van der Waals surface area (Å²) in [6.07, 6.45) is 6.26. The van der Waals surface area contributed by atoms with Crippen LogP contribution in [0.2, 0.25) is 0 Å². The molecule has 0 aliphatic heterocycles. The standard InChI is InChI=1S/C16H25N3O/c1-11-6-4-3-5-7-14(11)19-15-10-12(17)8-9-13(15)16(20)18-2/h8-11,14,19H,3-7,17H2,1-2H3,(H,18,20). The molecular weight excluding hydrogens is 250 g/mol. The third-order valence-electron chi connectivity index (χ3n) is 4.22. The van der Waals surface area contributed by atoms with Gasteiger partial charge in [0.2, 0.25) is 0 Å². The fourth-order valence-corrected chi connectivity index (χ4v) is 2.92. The molecule has 4 nitrogen and oxygen atoms in total. The van der Waals surface area contributed by atoms with Crippen LogP contribution in [0.3, 0.4) is 0 Å². The molecule has 2 rings (SSSR count). The molecule has 0 aromatic heterocycles. The number of rotatable bonds is 3. The quantitative estimate of drug-likeness (QED) is 0.587. The van der Waals surface area contributed by atoms with Crippen LogP contribution < -0.4 is 16.4 Å². The van der Waals surface area contributed by atoms with Gasteiger partial charge in [-0.15, -0.1) is 0 Å². The second kappa shape index (κ2) is 6.64. The zero-order chi connectivity index (χ0) is 14.5. The molecule has 1 aliphatic carbocycles. The number of benzene rings is 1. The Hall–Kier alpha value is -1.71. The van der Waals surface area contributed by atoms with Crippen molar-refractivity contribution in [3.63, 3.8) is 0 Å². The molecule has 0 saturated heterocycles. The SMILES string of the molecule is CNC(=O)c1ccc(N)cc1NC1CCCCCC1C. The molecule has 0 radical (unpaired) electrons. The minimum absolute atomic E-state index is 0.0752. The van der Waals surface area contributed by atoms with Crippen LogP contribution >= 0.6 is 0 Å². The topological polar surface area (TPSA) is 67.2 Å². The maximum atomic E-state index is 11.9. The molecule has 20 heavy (non-hydrogen) atoms. The summed E-state index contributed by atoms with van der Waals surface area (Å²) in [4.78, 5) is 11.9. The molecule has 1 aromatic rings. The molecule has 1 saturated carbocycles. The van der Waals surface area contributed by atoms with Gasteiger partial charge in [-0.2, -0.15) is 0 Å². The number of carbonyl (C=O) groups excluding carboxylic acids is 1. The molecule has 1 amide bonds. The Morgan fingerprint density at radius 1 is 1.25 bits per heavy atom. The van der Waals surface area contributed by atoms with Gasteiger partial charge in [0.15, 0.2) is 0 Å². The summed E-state index contributed by atoms with van der Waals surface area (Å²) >= 11 is 0. The number of anilines is 2. The maximum Gasteiger partial charge on any atom is 0.253 e. The van der Waals surface area contributed by atoms with E-state index in [1.54, 1.807) is 19.2 Å². The molecule has 0 bridgehead atoms. The van der Waals surface area contributed by atoms with Crippen molar-refractivity contribution in [1.82, 2.24) is 5.32 Å². The zero-order valence-corrected chi connectivity index (χ0v) is 12.4. The van der Waals surface area contributed by atoms with Gasteiger partial charge < -0.3 is 16.4 Å². The minimum Gasteiger partial charge on any atom is -0.399 e. The van der Waals surface area contributed by atoms with E-state index >= 15 is 0 Å².